The highest BCUT2D eigenvalue weighted by Gasteiger charge is 2.02. The standard InChI is InChI=1S/C15H14N4/c1-12-2-4-13(5-3-12)8-14-9-15(18-10-17-14)19-7-6-16-11-19/h2-7,9-11H,8H2,1H3. The first-order valence-corrected chi connectivity index (χ1v) is 6.16. The molecule has 0 bridgehead atoms. The van der Waals surface area contributed by atoms with Crippen molar-refractivity contribution in [3.63, 3.8) is 0 Å². The number of imidazole rings is 1. The number of aromatic nitrogens is 4. The summed E-state index contributed by atoms with van der Waals surface area (Å²) in [6.07, 6.45) is 7.75. The Morgan fingerprint density at radius 2 is 1.95 bits per heavy atom. The van der Waals surface area contributed by atoms with Crippen LogP contribution in [0.25, 0.3) is 5.82 Å². The van der Waals surface area contributed by atoms with E-state index in [0.717, 1.165) is 17.9 Å². The molecule has 0 aliphatic heterocycles. The molecule has 0 amide bonds. The predicted molar refractivity (Wildman–Crippen MR) is 73.1 cm³/mol. The van der Waals surface area contributed by atoms with Gasteiger partial charge < -0.3 is 0 Å². The highest BCUT2D eigenvalue weighted by molar-refractivity contribution is 5.29. The van der Waals surface area contributed by atoms with Gasteiger partial charge in [-0.05, 0) is 12.5 Å². The molecule has 0 radical (unpaired) electrons. The van der Waals surface area contributed by atoms with E-state index in [1.54, 1.807) is 18.9 Å². The van der Waals surface area contributed by atoms with E-state index in [-0.39, 0.29) is 0 Å². The lowest BCUT2D eigenvalue weighted by atomic mass is 10.1. The van der Waals surface area contributed by atoms with Gasteiger partial charge in [0.25, 0.3) is 0 Å². The van der Waals surface area contributed by atoms with Crippen molar-refractivity contribution in [2.45, 2.75) is 13.3 Å². The lowest BCUT2D eigenvalue weighted by Crippen LogP contribution is -1.99. The molecule has 0 aliphatic rings. The molecule has 4 heteroatoms. The van der Waals surface area contributed by atoms with Crippen LogP contribution in [-0.4, -0.2) is 19.5 Å². The van der Waals surface area contributed by atoms with Gasteiger partial charge >= 0.3 is 0 Å². The summed E-state index contributed by atoms with van der Waals surface area (Å²) in [5, 5.41) is 0. The second-order valence-corrected chi connectivity index (χ2v) is 4.50. The van der Waals surface area contributed by atoms with Crippen molar-refractivity contribution in [1.82, 2.24) is 19.5 Å². The van der Waals surface area contributed by atoms with Gasteiger partial charge in [-0.3, -0.25) is 4.57 Å². The summed E-state index contributed by atoms with van der Waals surface area (Å²) in [7, 11) is 0. The zero-order chi connectivity index (χ0) is 13.1. The number of hydrogen-bond donors (Lipinski definition) is 0. The Balaban J connectivity index is 1.85. The van der Waals surface area contributed by atoms with E-state index in [1.165, 1.54) is 11.1 Å². The molecule has 0 unspecified atom stereocenters. The van der Waals surface area contributed by atoms with Crippen LogP contribution in [0, 0.1) is 6.92 Å². The fourth-order valence-corrected chi connectivity index (χ4v) is 1.93. The minimum atomic E-state index is 0.810. The fourth-order valence-electron chi connectivity index (χ4n) is 1.93. The minimum absolute atomic E-state index is 0.810. The Hall–Kier alpha value is -2.49. The van der Waals surface area contributed by atoms with E-state index in [2.05, 4.69) is 46.1 Å². The van der Waals surface area contributed by atoms with E-state index in [0.29, 0.717) is 0 Å². The van der Waals surface area contributed by atoms with Crippen molar-refractivity contribution >= 4 is 0 Å². The summed E-state index contributed by atoms with van der Waals surface area (Å²) in [4.78, 5) is 12.6. The van der Waals surface area contributed by atoms with Crippen LogP contribution in [0.5, 0.6) is 0 Å². The number of aryl methyl sites for hydroxylation is 1. The molecule has 94 valence electrons. The molecule has 0 spiro atoms. The summed E-state index contributed by atoms with van der Waals surface area (Å²) in [6.45, 7) is 2.09. The molecule has 2 aromatic heterocycles. The summed E-state index contributed by atoms with van der Waals surface area (Å²) in [6, 6.07) is 10.5. The van der Waals surface area contributed by atoms with Crippen molar-refractivity contribution in [2.24, 2.45) is 0 Å². The molecule has 0 N–H and O–H groups in total. The third-order valence-electron chi connectivity index (χ3n) is 2.98. The average molecular weight is 250 g/mol. The second-order valence-electron chi connectivity index (χ2n) is 4.50. The Morgan fingerprint density at radius 1 is 1.11 bits per heavy atom. The van der Waals surface area contributed by atoms with Gasteiger partial charge in [0.15, 0.2) is 0 Å². The van der Waals surface area contributed by atoms with Gasteiger partial charge in [-0.25, -0.2) is 15.0 Å². The lowest BCUT2D eigenvalue weighted by molar-refractivity contribution is 0.937. The first-order valence-electron chi connectivity index (χ1n) is 6.16. The number of benzene rings is 1. The average Bonchev–Trinajstić information content (AvgIpc) is 2.96. The van der Waals surface area contributed by atoms with Gasteiger partial charge in [0.1, 0.15) is 18.5 Å². The molecular formula is C15H14N4. The maximum absolute atomic E-state index is 4.32. The molecule has 1 aromatic carbocycles. The highest BCUT2D eigenvalue weighted by atomic mass is 15.1. The molecule has 3 aromatic rings. The van der Waals surface area contributed by atoms with Crippen LogP contribution < -0.4 is 0 Å². The molecule has 0 saturated heterocycles. The monoisotopic (exact) mass is 250 g/mol. The molecule has 2 heterocycles. The van der Waals surface area contributed by atoms with E-state index in [1.807, 2.05) is 16.8 Å². The molecule has 3 rings (SSSR count). The first-order chi connectivity index (χ1) is 9.31. The summed E-state index contributed by atoms with van der Waals surface area (Å²) < 4.78 is 1.88. The third-order valence-corrected chi connectivity index (χ3v) is 2.98. The SMILES string of the molecule is Cc1ccc(Cc2cc(-n3ccnc3)ncn2)cc1. The van der Waals surface area contributed by atoms with Crippen LogP contribution in [0.3, 0.4) is 0 Å². The Bertz CT molecular complexity index is 657. The first kappa shape index (κ1) is 11.6. The normalized spacial score (nSPS) is 10.6. The smallest absolute Gasteiger partial charge is 0.141 e. The van der Waals surface area contributed by atoms with E-state index in [9.17, 15) is 0 Å². The Kier molecular flexibility index (Phi) is 3.06. The summed E-state index contributed by atoms with van der Waals surface area (Å²) >= 11 is 0. The summed E-state index contributed by atoms with van der Waals surface area (Å²) in [5.41, 5.74) is 3.52. The van der Waals surface area contributed by atoms with E-state index < -0.39 is 0 Å². The van der Waals surface area contributed by atoms with Crippen molar-refractivity contribution in [2.75, 3.05) is 0 Å². The topological polar surface area (TPSA) is 43.6 Å². The predicted octanol–water partition coefficient (Wildman–Crippen LogP) is 2.56. The molecule has 0 atom stereocenters. The lowest BCUT2D eigenvalue weighted by Gasteiger charge is -2.04. The van der Waals surface area contributed by atoms with Crippen LogP contribution in [0.1, 0.15) is 16.8 Å². The van der Waals surface area contributed by atoms with Crippen LogP contribution in [-0.2, 0) is 6.42 Å². The third kappa shape index (κ3) is 2.68. The molecule has 0 fully saturated rings. The quantitative estimate of drug-likeness (QED) is 0.717. The van der Waals surface area contributed by atoms with Gasteiger partial charge in [0.05, 0.1) is 5.69 Å². The van der Waals surface area contributed by atoms with E-state index in [4.69, 9.17) is 0 Å². The van der Waals surface area contributed by atoms with Gasteiger partial charge in [-0.15, -0.1) is 0 Å². The van der Waals surface area contributed by atoms with Gasteiger partial charge in [-0.1, -0.05) is 29.8 Å². The number of hydrogen-bond acceptors (Lipinski definition) is 3. The van der Waals surface area contributed by atoms with Crippen molar-refractivity contribution in [3.8, 4) is 5.82 Å². The Labute approximate surface area is 111 Å². The van der Waals surface area contributed by atoms with Crippen LogP contribution >= 0.6 is 0 Å². The van der Waals surface area contributed by atoms with Crippen molar-refractivity contribution in [1.29, 1.82) is 0 Å². The highest BCUT2D eigenvalue weighted by Crippen LogP contribution is 2.11. The maximum Gasteiger partial charge on any atom is 0.141 e. The van der Waals surface area contributed by atoms with Gasteiger partial charge in [0, 0.05) is 24.9 Å². The molecule has 0 saturated carbocycles. The van der Waals surface area contributed by atoms with Gasteiger partial charge in [0.2, 0.25) is 0 Å². The summed E-state index contributed by atoms with van der Waals surface area (Å²) in [5.74, 6) is 0.842. The van der Waals surface area contributed by atoms with Crippen LogP contribution in [0.15, 0.2) is 55.4 Å². The zero-order valence-corrected chi connectivity index (χ0v) is 10.7. The second kappa shape index (κ2) is 5.02. The largest absolute Gasteiger partial charge is 0.290 e. The van der Waals surface area contributed by atoms with Crippen molar-refractivity contribution in [3.05, 3.63) is 72.2 Å². The molecule has 19 heavy (non-hydrogen) atoms. The maximum atomic E-state index is 4.32. The van der Waals surface area contributed by atoms with Crippen LogP contribution in [0.2, 0.25) is 0 Å². The van der Waals surface area contributed by atoms with E-state index >= 15 is 0 Å². The van der Waals surface area contributed by atoms with Crippen LogP contribution in [0.4, 0.5) is 0 Å². The fraction of sp³-hybridized carbons (Fsp3) is 0.133. The molecule has 0 aliphatic carbocycles. The molecule has 4 nitrogen and oxygen atoms in total. The number of rotatable bonds is 3. The number of nitrogens with zero attached hydrogens (tertiary/aromatic N) is 4. The van der Waals surface area contributed by atoms with Crippen molar-refractivity contribution < 1.29 is 0 Å². The Morgan fingerprint density at radius 3 is 2.68 bits per heavy atom. The van der Waals surface area contributed by atoms with Gasteiger partial charge in [-0.2, -0.15) is 0 Å². The molecular weight excluding hydrogens is 236 g/mol. The zero-order valence-electron chi connectivity index (χ0n) is 10.7. The minimum Gasteiger partial charge on any atom is -0.290 e.